The predicted octanol–water partition coefficient (Wildman–Crippen LogP) is 2.85. The Kier molecular flexibility index (Phi) is 6.05. The van der Waals surface area contributed by atoms with Gasteiger partial charge in [-0.05, 0) is 43.9 Å². The maximum absolute atomic E-state index is 11.2. The normalized spacial score (nSPS) is 22.0. The molecule has 0 heterocycles. The molecular formula is C17H25NO3. The molecule has 2 atom stereocenters. The maximum Gasteiger partial charge on any atom is 0.306 e. The van der Waals surface area contributed by atoms with Crippen LogP contribution in [0, 0.1) is 18.8 Å². The minimum atomic E-state index is -0.641. The second kappa shape index (κ2) is 8.03. The Morgan fingerprint density at radius 3 is 2.86 bits per heavy atom. The first kappa shape index (κ1) is 15.8. The van der Waals surface area contributed by atoms with Crippen LogP contribution < -0.4 is 10.1 Å². The molecule has 2 N–H and O–H groups in total. The summed E-state index contributed by atoms with van der Waals surface area (Å²) < 4.78 is 5.72. The summed E-state index contributed by atoms with van der Waals surface area (Å²) in [5.74, 6) is 0.358. The van der Waals surface area contributed by atoms with Gasteiger partial charge in [-0.1, -0.05) is 31.0 Å². The standard InChI is InChI=1S/C17H25NO3/c1-13-6-2-5-9-16(13)21-11-10-18-12-14-7-3-4-8-15(14)17(19)20/h2,5-6,9,14-15,18H,3-4,7-8,10-12H2,1H3,(H,19,20). The molecule has 1 aromatic rings. The van der Waals surface area contributed by atoms with Crippen LogP contribution in [0.3, 0.4) is 0 Å². The number of rotatable bonds is 7. The molecule has 0 amide bonds. The van der Waals surface area contributed by atoms with Crippen molar-refractivity contribution >= 4 is 5.97 Å². The van der Waals surface area contributed by atoms with Crippen LogP contribution in [0.2, 0.25) is 0 Å². The molecule has 0 spiro atoms. The van der Waals surface area contributed by atoms with Crippen molar-refractivity contribution in [3.63, 3.8) is 0 Å². The Bertz CT molecular complexity index is 461. The monoisotopic (exact) mass is 291 g/mol. The molecule has 0 bridgehead atoms. The number of hydrogen-bond donors (Lipinski definition) is 2. The van der Waals surface area contributed by atoms with E-state index in [4.69, 9.17) is 4.74 Å². The van der Waals surface area contributed by atoms with Gasteiger partial charge in [0.2, 0.25) is 0 Å². The first-order valence-corrected chi connectivity index (χ1v) is 7.80. The summed E-state index contributed by atoms with van der Waals surface area (Å²) in [7, 11) is 0. The van der Waals surface area contributed by atoms with E-state index in [0.29, 0.717) is 6.61 Å². The Balaban J connectivity index is 1.67. The molecule has 21 heavy (non-hydrogen) atoms. The molecule has 1 aliphatic rings. The van der Waals surface area contributed by atoms with Crippen LogP contribution in [0.5, 0.6) is 5.75 Å². The number of nitrogens with one attached hydrogen (secondary N) is 1. The van der Waals surface area contributed by atoms with Gasteiger partial charge in [-0.3, -0.25) is 4.79 Å². The molecule has 0 aromatic heterocycles. The highest BCUT2D eigenvalue weighted by atomic mass is 16.5. The van der Waals surface area contributed by atoms with Crippen molar-refractivity contribution in [2.24, 2.45) is 11.8 Å². The smallest absolute Gasteiger partial charge is 0.306 e. The minimum absolute atomic E-state index is 0.177. The van der Waals surface area contributed by atoms with E-state index in [0.717, 1.165) is 50.1 Å². The molecule has 116 valence electrons. The molecular weight excluding hydrogens is 266 g/mol. The summed E-state index contributed by atoms with van der Waals surface area (Å²) in [6.45, 7) is 4.16. The van der Waals surface area contributed by atoms with Gasteiger partial charge < -0.3 is 15.2 Å². The fourth-order valence-electron chi connectivity index (χ4n) is 3.02. The second-order valence-corrected chi connectivity index (χ2v) is 5.81. The van der Waals surface area contributed by atoms with Crippen molar-refractivity contribution in [3.05, 3.63) is 29.8 Å². The zero-order valence-electron chi connectivity index (χ0n) is 12.7. The SMILES string of the molecule is Cc1ccccc1OCCNCC1CCCCC1C(=O)O. The zero-order chi connectivity index (χ0) is 15.1. The Labute approximate surface area is 126 Å². The number of hydrogen-bond acceptors (Lipinski definition) is 3. The first-order chi connectivity index (χ1) is 10.2. The number of aryl methyl sites for hydroxylation is 1. The van der Waals surface area contributed by atoms with E-state index in [-0.39, 0.29) is 11.8 Å². The van der Waals surface area contributed by atoms with E-state index in [9.17, 15) is 9.90 Å². The topological polar surface area (TPSA) is 58.6 Å². The summed E-state index contributed by atoms with van der Waals surface area (Å²) in [6.07, 6.45) is 4.03. The third kappa shape index (κ3) is 4.74. The Hall–Kier alpha value is -1.55. The highest BCUT2D eigenvalue weighted by Gasteiger charge is 2.30. The van der Waals surface area contributed by atoms with E-state index in [1.54, 1.807) is 0 Å². The number of ether oxygens (including phenoxy) is 1. The van der Waals surface area contributed by atoms with Gasteiger partial charge in [-0.2, -0.15) is 0 Å². The third-order valence-corrected chi connectivity index (χ3v) is 4.26. The van der Waals surface area contributed by atoms with Crippen molar-refractivity contribution in [2.45, 2.75) is 32.6 Å². The summed E-state index contributed by atoms with van der Waals surface area (Å²) in [5, 5.41) is 12.6. The van der Waals surface area contributed by atoms with Gasteiger partial charge in [0.05, 0.1) is 5.92 Å². The van der Waals surface area contributed by atoms with E-state index in [1.807, 2.05) is 31.2 Å². The van der Waals surface area contributed by atoms with Gasteiger partial charge in [-0.15, -0.1) is 0 Å². The van der Waals surface area contributed by atoms with E-state index in [1.165, 1.54) is 0 Å². The van der Waals surface area contributed by atoms with E-state index < -0.39 is 5.97 Å². The number of carboxylic acid groups (broad SMARTS) is 1. The van der Waals surface area contributed by atoms with Crippen LogP contribution in [-0.2, 0) is 4.79 Å². The molecule has 4 nitrogen and oxygen atoms in total. The molecule has 0 saturated heterocycles. The van der Waals surface area contributed by atoms with Gasteiger partial charge in [0, 0.05) is 6.54 Å². The Morgan fingerprint density at radius 2 is 2.10 bits per heavy atom. The van der Waals surface area contributed by atoms with Crippen LogP contribution in [0.15, 0.2) is 24.3 Å². The van der Waals surface area contributed by atoms with Crippen molar-refractivity contribution in [1.29, 1.82) is 0 Å². The van der Waals surface area contributed by atoms with Crippen molar-refractivity contribution in [3.8, 4) is 5.75 Å². The van der Waals surface area contributed by atoms with Gasteiger partial charge in [-0.25, -0.2) is 0 Å². The highest BCUT2D eigenvalue weighted by Crippen LogP contribution is 2.29. The molecule has 1 aromatic carbocycles. The molecule has 1 aliphatic carbocycles. The molecule has 0 aliphatic heterocycles. The molecule has 2 unspecified atom stereocenters. The maximum atomic E-state index is 11.2. The van der Waals surface area contributed by atoms with Crippen molar-refractivity contribution < 1.29 is 14.6 Å². The number of carboxylic acids is 1. The number of aliphatic carboxylic acids is 1. The highest BCUT2D eigenvalue weighted by molar-refractivity contribution is 5.70. The summed E-state index contributed by atoms with van der Waals surface area (Å²) in [4.78, 5) is 11.2. The van der Waals surface area contributed by atoms with Crippen LogP contribution in [-0.4, -0.2) is 30.8 Å². The first-order valence-electron chi connectivity index (χ1n) is 7.80. The van der Waals surface area contributed by atoms with Gasteiger partial charge in [0.1, 0.15) is 12.4 Å². The largest absolute Gasteiger partial charge is 0.492 e. The second-order valence-electron chi connectivity index (χ2n) is 5.81. The fraction of sp³-hybridized carbons (Fsp3) is 0.588. The average Bonchev–Trinajstić information content (AvgIpc) is 2.49. The van der Waals surface area contributed by atoms with E-state index >= 15 is 0 Å². The summed E-state index contributed by atoms with van der Waals surface area (Å²) in [6, 6.07) is 7.96. The van der Waals surface area contributed by atoms with Crippen LogP contribution in [0.25, 0.3) is 0 Å². The van der Waals surface area contributed by atoms with Gasteiger partial charge in [0.25, 0.3) is 0 Å². The fourth-order valence-corrected chi connectivity index (χ4v) is 3.02. The van der Waals surface area contributed by atoms with Crippen molar-refractivity contribution in [1.82, 2.24) is 5.32 Å². The van der Waals surface area contributed by atoms with Crippen molar-refractivity contribution in [2.75, 3.05) is 19.7 Å². The lowest BCUT2D eigenvalue weighted by Gasteiger charge is -2.28. The lowest BCUT2D eigenvalue weighted by Crippen LogP contribution is -2.36. The molecule has 0 radical (unpaired) electrons. The number of carbonyl (C=O) groups is 1. The quantitative estimate of drug-likeness (QED) is 0.758. The third-order valence-electron chi connectivity index (χ3n) is 4.26. The van der Waals surface area contributed by atoms with Gasteiger partial charge in [0.15, 0.2) is 0 Å². The zero-order valence-corrected chi connectivity index (χ0v) is 12.7. The molecule has 2 rings (SSSR count). The van der Waals surface area contributed by atoms with Crippen LogP contribution in [0.1, 0.15) is 31.2 Å². The Morgan fingerprint density at radius 1 is 1.33 bits per heavy atom. The molecule has 1 fully saturated rings. The summed E-state index contributed by atoms with van der Waals surface area (Å²) >= 11 is 0. The van der Waals surface area contributed by atoms with E-state index in [2.05, 4.69) is 5.32 Å². The number of benzene rings is 1. The molecule has 1 saturated carbocycles. The molecule has 4 heteroatoms. The lowest BCUT2D eigenvalue weighted by atomic mass is 9.79. The minimum Gasteiger partial charge on any atom is -0.492 e. The number of para-hydroxylation sites is 1. The van der Waals surface area contributed by atoms with Crippen LogP contribution >= 0.6 is 0 Å². The average molecular weight is 291 g/mol. The van der Waals surface area contributed by atoms with Crippen LogP contribution in [0.4, 0.5) is 0 Å². The van der Waals surface area contributed by atoms with Gasteiger partial charge >= 0.3 is 5.97 Å². The predicted molar refractivity (Wildman–Crippen MR) is 82.6 cm³/mol. The lowest BCUT2D eigenvalue weighted by molar-refractivity contribution is -0.144. The summed E-state index contributed by atoms with van der Waals surface area (Å²) in [5.41, 5.74) is 1.13.